The Kier molecular flexibility index (Phi) is 2.69. The first-order chi connectivity index (χ1) is 7.91. The number of Topliss-reactive ketones (excluding diaryl/α,β-unsaturated/α-hetero) is 1. The molecule has 0 saturated heterocycles. The number of ketones is 1. The molecule has 3 nitrogen and oxygen atoms in total. The Morgan fingerprint density at radius 2 is 1.88 bits per heavy atom. The number of aromatic hydroxyl groups is 1. The SMILES string of the molecule is CC1(C)CC(=O)C(c2ccccc2O)=C(N)C1. The summed E-state index contributed by atoms with van der Waals surface area (Å²) in [5, 5.41) is 9.79. The minimum Gasteiger partial charge on any atom is -0.507 e. The second kappa shape index (κ2) is 3.91. The van der Waals surface area contributed by atoms with Crippen LogP contribution >= 0.6 is 0 Å². The Bertz CT molecular complexity index is 501. The summed E-state index contributed by atoms with van der Waals surface area (Å²) in [6, 6.07) is 6.82. The number of nitrogens with two attached hydrogens (primary N) is 1. The molecule has 0 fully saturated rings. The van der Waals surface area contributed by atoms with E-state index in [9.17, 15) is 9.90 Å². The average Bonchev–Trinajstić information content (AvgIpc) is 2.17. The van der Waals surface area contributed by atoms with Gasteiger partial charge in [-0.3, -0.25) is 4.79 Å². The second-order valence-corrected chi connectivity index (χ2v) is 5.36. The van der Waals surface area contributed by atoms with Crippen molar-refractivity contribution >= 4 is 11.4 Å². The second-order valence-electron chi connectivity index (χ2n) is 5.36. The van der Waals surface area contributed by atoms with Gasteiger partial charge in [0, 0.05) is 23.3 Å². The van der Waals surface area contributed by atoms with E-state index in [2.05, 4.69) is 0 Å². The third kappa shape index (κ3) is 2.18. The van der Waals surface area contributed by atoms with Crippen LogP contribution in [0, 0.1) is 5.41 Å². The van der Waals surface area contributed by atoms with Crippen LogP contribution in [0.5, 0.6) is 5.75 Å². The summed E-state index contributed by atoms with van der Waals surface area (Å²) in [5.74, 6) is 0.124. The van der Waals surface area contributed by atoms with Crippen LogP contribution in [0.1, 0.15) is 32.3 Å². The summed E-state index contributed by atoms with van der Waals surface area (Å²) in [4.78, 5) is 12.1. The van der Waals surface area contributed by atoms with E-state index >= 15 is 0 Å². The molecule has 17 heavy (non-hydrogen) atoms. The normalized spacial score (nSPS) is 19.5. The van der Waals surface area contributed by atoms with Gasteiger partial charge in [0.05, 0.1) is 0 Å². The minimum absolute atomic E-state index is 0.0141. The van der Waals surface area contributed by atoms with Gasteiger partial charge >= 0.3 is 0 Å². The third-order valence-corrected chi connectivity index (χ3v) is 3.08. The maximum Gasteiger partial charge on any atom is 0.165 e. The molecule has 0 bridgehead atoms. The molecule has 1 aliphatic rings. The molecular formula is C14H17NO2. The average molecular weight is 231 g/mol. The Morgan fingerprint density at radius 3 is 2.47 bits per heavy atom. The molecule has 1 aliphatic carbocycles. The van der Waals surface area contributed by atoms with Crippen LogP contribution in [0.25, 0.3) is 5.57 Å². The maximum atomic E-state index is 12.1. The lowest BCUT2D eigenvalue weighted by Crippen LogP contribution is -2.28. The van der Waals surface area contributed by atoms with Gasteiger partial charge in [0.2, 0.25) is 0 Å². The van der Waals surface area contributed by atoms with Gasteiger partial charge in [-0.1, -0.05) is 32.0 Å². The molecule has 0 amide bonds. The number of phenols is 1. The number of benzene rings is 1. The molecule has 3 heteroatoms. The van der Waals surface area contributed by atoms with Crippen LogP contribution in [0.15, 0.2) is 30.0 Å². The van der Waals surface area contributed by atoms with Crippen LogP contribution in [0.2, 0.25) is 0 Å². The largest absolute Gasteiger partial charge is 0.507 e. The summed E-state index contributed by atoms with van der Waals surface area (Å²) in [6.45, 7) is 4.05. The molecule has 0 radical (unpaired) electrons. The quantitative estimate of drug-likeness (QED) is 0.780. The first-order valence-corrected chi connectivity index (χ1v) is 5.71. The van der Waals surface area contributed by atoms with Crippen LogP contribution in [0.3, 0.4) is 0 Å². The number of hydrogen-bond donors (Lipinski definition) is 2. The number of phenolic OH excluding ortho intramolecular Hbond substituents is 1. The smallest absolute Gasteiger partial charge is 0.165 e. The lowest BCUT2D eigenvalue weighted by atomic mass is 9.74. The summed E-state index contributed by atoms with van der Waals surface area (Å²) in [5.41, 5.74) is 7.52. The van der Waals surface area contributed by atoms with E-state index in [1.54, 1.807) is 24.3 Å². The van der Waals surface area contributed by atoms with Crippen molar-refractivity contribution in [3.63, 3.8) is 0 Å². The minimum atomic E-state index is -0.0882. The van der Waals surface area contributed by atoms with E-state index < -0.39 is 0 Å². The van der Waals surface area contributed by atoms with Crippen molar-refractivity contribution in [2.24, 2.45) is 11.1 Å². The maximum absolute atomic E-state index is 12.1. The van der Waals surface area contributed by atoms with Gasteiger partial charge in [0.1, 0.15) is 5.75 Å². The Balaban J connectivity index is 2.52. The van der Waals surface area contributed by atoms with Gasteiger partial charge < -0.3 is 10.8 Å². The number of allylic oxidation sites excluding steroid dienone is 2. The molecule has 0 heterocycles. The molecular weight excluding hydrogens is 214 g/mol. The molecule has 2 rings (SSSR count). The molecule has 0 saturated carbocycles. The Hall–Kier alpha value is -1.77. The lowest BCUT2D eigenvalue weighted by Gasteiger charge is -2.30. The van der Waals surface area contributed by atoms with E-state index in [1.807, 2.05) is 13.8 Å². The number of carbonyl (C=O) groups excluding carboxylic acids is 1. The molecule has 0 aliphatic heterocycles. The van der Waals surface area contributed by atoms with Crippen molar-refractivity contribution in [3.05, 3.63) is 35.5 Å². The van der Waals surface area contributed by atoms with Crippen molar-refractivity contribution in [3.8, 4) is 5.75 Å². The molecule has 1 aromatic rings. The van der Waals surface area contributed by atoms with Gasteiger partial charge in [0.25, 0.3) is 0 Å². The zero-order valence-electron chi connectivity index (χ0n) is 10.2. The molecule has 0 atom stereocenters. The van der Waals surface area contributed by atoms with E-state index in [4.69, 9.17) is 5.73 Å². The molecule has 0 unspecified atom stereocenters. The van der Waals surface area contributed by atoms with Crippen LogP contribution in [-0.4, -0.2) is 10.9 Å². The highest BCUT2D eigenvalue weighted by molar-refractivity contribution is 6.23. The number of rotatable bonds is 1. The topological polar surface area (TPSA) is 63.3 Å². The lowest BCUT2D eigenvalue weighted by molar-refractivity contribution is -0.116. The first-order valence-electron chi connectivity index (χ1n) is 5.71. The number of para-hydroxylation sites is 1. The van der Waals surface area contributed by atoms with E-state index in [0.717, 1.165) is 0 Å². The summed E-state index contributed by atoms with van der Waals surface area (Å²) < 4.78 is 0. The van der Waals surface area contributed by atoms with Crippen molar-refractivity contribution in [2.45, 2.75) is 26.7 Å². The predicted molar refractivity (Wildman–Crippen MR) is 67.2 cm³/mol. The van der Waals surface area contributed by atoms with Crippen molar-refractivity contribution in [1.82, 2.24) is 0 Å². The molecule has 0 spiro atoms. The van der Waals surface area contributed by atoms with E-state index in [-0.39, 0.29) is 16.9 Å². The van der Waals surface area contributed by atoms with Crippen LogP contribution < -0.4 is 5.73 Å². The van der Waals surface area contributed by atoms with E-state index in [0.29, 0.717) is 29.7 Å². The Labute approximate surface area is 101 Å². The predicted octanol–water partition coefficient (Wildman–Crippen LogP) is 2.45. The van der Waals surface area contributed by atoms with Gasteiger partial charge in [-0.15, -0.1) is 0 Å². The molecule has 1 aromatic carbocycles. The summed E-state index contributed by atoms with van der Waals surface area (Å²) in [7, 11) is 0. The van der Waals surface area contributed by atoms with Crippen LogP contribution in [0.4, 0.5) is 0 Å². The standard InChI is InChI=1S/C14H17NO2/c1-14(2)7-10(15)13(12(17)8-14)9-5-3-4-6-11(9)16/h3-6,16H,7-8,15H2,1-2H3. The highest BCUT2D eigenvalue weighted by atomic mass is 16.3. The molecule has 3 N–H and O–H groups in total. The van der Waals surface area contributed by atoms with Crippen LogP contribution in [-0.2, 0) is 4.79 Å². The van der Waals surface area contributed by atoms with Crippen molar-refractivity contribution in [1.29, 1.82) is 0 Å². The summed E-state index contributed by atoms with van der Waals surface area (Å²) in [6.07, 6.45) is 1.15. The highest BCUT2D eigenvalue weighted by Gasteiger charge is 2.33. The zero-order chi connectivity index (χ0) is 12.6. The fourth-order valence-corrected chi connectivity index (χ4v) is 2.38. The zero-order valence-corrected chi connectivity index (χ0v) is 10.2. The van der Waals surface area contributed by atoms with Gasteiger partial charge in [0.15, 0.2) is 5.78 Å². The van der Waals surface area contributed by atoms with Crippen molar-refractivity contribution in [2.75, 3.05) is 0 Å². The molecule has 0 aromatic heterocycles. The molecule has 90 valence electrons. The van der Waals surface area contributed by atoms with Gasteiger partial charge in [-0.25, -0.2) is 0 Å². The summed E-state index contributed by atoms with van der Waals surface area (Å²) >= 11 is 0. The van der Waals surface area contributed by atoms with E-state index in [1.165, 1.54) is 0 Å². The van der Waals surface area contributed by atoms with Gasteiger partial charge in [-0.05, 0) is 17.9 Å². The number of hydrogen-bond acceptors (Lipinski definition) is 3. The monoisotopic (exact) mass is 231 g/mol. The Morgan fingerprint density at radius 1 is 1.24 bits per heavy atom. The first kappa shape index (κ1) is 11.7. The fourth-order valence-electron chi connectivity index (χ4n) is 2.38. The third-order valence-electron chi connectivity index (χ3n) is 3.08. The fraction of sp³-hybridized carbons (Fsp3) is 0.357. The van der Waals surface area contributed by atoms with Crippen molar-refractivity contribution < 1.29 is 9.90 Å². The van der Waals surface area contributed by atoms with Gasteiger partial charge in [-0.2, -0.15) is 0 Å². The highest BCUT2D eigenvalue weighted by Crippen LogP contribution is 2.40. The number of carbonyl (C=O) groups is 1.